The molecule has 1 saturated heterocycles. The second-order valence-corrected chi connectivity index (χ2v) is 4.71. The summed E-state index contributed by atoms with van der Waals surface area (Å²) in [6.07, 6.45) is 9.12. The van der Waals surface area contributed by atoms with E-state index >= 15 is 0 Å². The standard InChI is InChI=1S/C13H27NO/c1-3-5-8-12(7-4-2)14-13-9-6-10-15-11-13/h12-14H,3-11H2,1-2H3. The number of hydrogen-bond acceptors (Lipinski definition) is 2. The Hall–Kier alpha value is -0.0800. The van der Waals surface area contributed by atoms with Gasteiger partial charge in [0.05, 0.1) is 6.61 Å². The van der Waals surface area contributed by atoms with Crippen molar-refractivity contribution in [2.75, 3.05) is 13.2 Å². The van der Waals surface area contributed by atoms with Crippen molar-refractivity contribution in [2.45, 2.75) is 70.9 Å². The molecule has 0 spiro atoms. The van der Waals surface area contributed by atoms with Crippen LogP contribution >= 0.6 is 0 Å². The van der Waals surface area contributed by atoms with Crippen molar-refractivity contribution >= 4 is 0 Å². The van der Waals surface area contributed by atoms with Crippen molar-refractivity contribution in [1.82, 2.24) is 5.32 Å². The van der Waals surface area contributed by atoms with Crippen LogP contribution in [-0.2, 0) is 4.74 Å². The lowest BCUT2D eigenvalue weighted by Crippen LogP contribution is -2.43. The number of unbranched alkanes of at least 4 members (excludes halogenated alkanes) is 1. The van der Waals surface area contributed by atoms with Gasteiger partial charge in [0.1, 0.15) is 0 Å². The lowest BCUT2D eigenvalue weighted by molar-refractivity contribution is 0.0653. The topological polar surface area (TPSA) is 21.3 Å². The first-order valence-electron chi connectivity index (χ1n) is 6.70. The van der Waals surface area contributed by atoms with Crippen LogP contribution in [0.25, 0.3) is 0 Å². The minimum Gasteiger partial charge on any atom is -0.380 e. The van der Waals surface area contributed by atoms with Crippen LogP contribution in [0.2, 0.25) is 0 Å². The molecule has 0 aromatic heterocycles. The van der Waals surface area contributed by atoms with Gasteiger partial charge < -0.3 is 10.1 Å². The fourth-order valence-corrected chi connectivity index (χ4v) is 2.32. The summed E-state index contributed by atoms with van der Waals surface area (Å²) in [5.74, 6) is 0. The Labute approximate surface area is 94.8 Å². The van der Waals surface area contributed by atoms with Crippen LogP contribution in [0.3, 0.4) is 0 Å². The minimum absolute atomic E-state index is 0.618. The molecule has 15 heavy (non-hydrogen) atoms. The minimum atomic E-state index is 0.618. The molecule has 0 aliphatic carbocycles. The molecule has 1 aliphatic heterocycles. The van der Waals surface area contributed by atoms with Crippen molar-refractivity contribution in [2.24, 2.45) is 0 Å². The number of ether oxygens (including phenoxy) is 1. The average molecular weight is 213 g/mol. The summed E-state index contributed by atoms with van der Waals surface area (Å²) in [6, 6.07) is 1.34. The van der Waals surface area contributed by atoms with Crippen molar-refractivity contribution in [3.05, 3.63) is 0 Å². The first-order valence-corrected chi connectivity index (χ1v) is 6.70. The van der Waals surface area contributed by atoms with Crippen molar-refractivity contribution < 1.29 is 4.74 Å². The Bertz CT molecular complexity index is 143. The molecule has 2 nitrogen and oxygen atoms in total. The lowest BCUT2D eigenvalue weighted by atomic mass is 10.0. The highest BCUT2D eigenvalue weighted by Gasteiger charge is 2.17. The highest BCUT2D eigenvalue weighted by molar-refractivity contribution is 4.76. The molecule has 1 aliphatic rings. The third-order valence-electron chi connectivity index (χ3n) is 3.17. The second-order valence-electron chi connectivity index (χ2n) is 4.71. The van der Waals surface area contributed by atoms with E-state index in [2.05, 4.69) is 19.2 Å². The molecule has 0 radical (unpaired) electrons. The van der Waals surface area contributed by atoms with Crippen LogP contribution < -0.4 is 5.32 Å². The Balaban J connectivity index is 2.21. The normalized spacial score (nSPS) is 24.0. The highest BCUT2D eigenvalue weighted by Crippen LogP contribution is 2.12. The maximum Gasteiger partial charge on any atom is 0.0619 e. The van der Waals surface area contributed by atoms with Crippen LogP contribution in [-0.4, -0.2) is 25.3 Å². The fraction of sp³-hybridized carbons (Fsp3) is 1.00. The van der Waals surface area contributed by atoms with E-state index in [-0.39, 0.29) is 0 Å². The van der Waals surface area contributed by atoms with Gasteiger partial charge in [-0.05, 0) is 25.7 Å². The zero-order valence-corrected chi connectivity index (χ0v) is 10.4. The Kier molecular flexibility index (Phi) is 7.03. The fourth-order valence-electron chi connectivity index (χ4n) is 2.32. The largest absolute Gasteiger partial charge is 0.380 e. The maximum absolute atomic E-state index is 5.50. The molecule has 0 aromatic carbocycles. The third-order valence-corrected chi connectivity index (χ3v) is 3.17. The molecule has 0 saturated carbocycles. The summed E-state index contributed by atoms with van der Waals surface area (Å²) in [5.41, 5.74) is 0. The number of hydrogen-bond donors (Lipinski definition) is 1. The summed E-state index contributed by atoms with van der Waals surface area (Å²) >= 11 is 0. The molecule has 1 heterocycles. The third kappa shape index (κ3) is 5.53. The van der Waals surface area contributed by atoms with Gasteiger partial charge in [0, 0.05) is 18.7 Å². The second kappa shape index (κ2) is 8.12. The summed E-state index contributed by atoms with van der Waals surface area (Å²) in [4.78, 5) is 0. The van der Waals surface area contributed by atoms with E-state index in [0.717, 1.165) is 19.3 Å². The Morgan fingerprint density at radius 2 is 2.13 bits per heavy atom. The number of nitrogens with one attached hydrogen (secondary N) is 1. The van der Waals surface area contributed by atoms with Gasteiger partial charge in [0.15, 0.2) is 0 Å². The van der Waals surface area contributed by atoms with Gasteiger partial charge in [0.25, 0.3) is 0 Å². The van der Waals surface area contributed by atoms with Gasteiger partial charge in [-0.3, -0.25) is 0 Å². The smallest absolute Gasteiger partial charge is 0.0619 e. The van der Waals surface area contributed by atoms with E-state index in [1.807, 2.05) is 0 Å². The molecule has 1 N–H and O–H groups in total. The Morgan fingerprint density at radius 1 is 1.27 bits per heavy atom. The predicted octanol–water partition coefficient (Wildman–Crippen LogP) is 3.11. The van der Waals surface area contributed by atoms with Crippen LogP contribution in [0.4, 0.5) is 0 Å². The molecule has 0 amide bonds. The molecule has 1 fully saturated rings. The monoisotopic (exact) mass is 213 g/mol. The Morgan fingerprint density at radius 3 is 2.73 bits per heavy atom. The molecule has 90 valence electrons. The van der Waals surface area contributed by atoms with Crippen molar-refractivity contribution in [3.63, 3.8) is 0 Å². The van der Waals surface area contributed by atoms with Gasteiger partial charge >= 0.3 is 0 Å². The van der Waals surface area contributed by atoms with Gasteiger partial charge in [-0.25, -0.2) is 0 Å². The van der Waals surface area contributed by atoms with Gasteiger partial charge in [0.2, 0.25) is 0 Å². The molecule has 1 rings (SSSR count). The average Bonchev–Trinajstić information content (AvgIpc) is 2.28. The maximum atomic E-state index is 5.50. The quantitative estimate of drug-likeness (QED) is 0.701. The van der Waals surface area contributed by atoms with Gasteiger partial charge in [-0.2, -0.15) is 0 Å². The van der Waals surface area contributed by atoms with Gasteiger partial charge in [-0.15, -0.1) is 0 Å². The van der Waals surface area contributed by atoms with Crippen LogP contribution in [0.5, 0.6) is 0 Å². The number of rotatable bonds is 7. The predicted molar refractivity (Wildman–Crippen MR) is 65.2 cm³/mol. The zero-order chi connectivity index (χ0) is 10.9. The molecule has 2 heteroatoms. The van der Waals surface area contributed by atoms with E-state index in [1.54, 1.807) is 0 Å². The van der Waals surface area contributed by atoms with Crippen molar-refractivity contribution in [3.8, 4) is 0 Å². The van der Waals surface area contributed by atoms with Crippen LogP contribution in [0, 0.1) is 0 Å². The van der Waals surface area contributed by atoms with Crippen LogP contribution in [0.15, 0.2) is 0 Å². The highest BCUT2D eigenvalue weighted by atomic mass is 16.5. The summed E-state index contributed by atoms with van der Waals surface area (Å²) in [5, 5.41) is 3.77. The van der Waals surface area contributed by atoms with Crippen LogP contribution in [0.1, 0.15) is 58.8 Å². The molecular weight excluding hydrogens is 186 g/mol. The van der Waals surface area contributed by atoms with E-state index in [9.17, 15) is 0 Å². The molecule has 0 bridgehead atoms. The molecule has 2 atom stereocenters. The molecule has 0 aromatic rings. The van der Waals surface area contributed by atoms with E-state index in [1.165, 1.54) is 44.9 Å². The first kappa shape index (κ1) is 13.0. The summed E-state index contributed by atoms with van der Waals surface area (Å²) in [6.45, 7) is 6.43. The molecule has 2 unspecified atom stereocenters. The lowest BCUT2D eigenvalue weighted by Gasteiger charge is -2.28. The first-order chi connectivity index (χ1) is 7.36. The van der Waals surface area contributed by atoms with Gasteiger partial charge in [-0.1, -0.05) is 33.1 Å². The van der Waals surface area contributed by atoms with Crippen molar-refractivity contribution in [1.29, 1.82) is 0 Å². The summed E-state index contributed by atoms with van der Waals surface area (Å²) in [7, 11) is 0. The SMILES string of the molecule is CCCCC(CCC)NC1CCCOC1. The molecular formula is C13H27NO. The van der Waals surface area contributed by atoms with E-state index < -0.39 is 0 Å². The summed E-state index contributed by atoms with van der Waals surface area (Å²) < 4.78 is 5.50. The van der Waals surface area contributed by atoms with E-state index in [0.29, 0.717) is 6.04 Å². The zero-order valence-electron chi connectivity index (χ0n) is 10.4. The van der Waals surface area contributed by atoms with E-state index in [4.69, 9.17) is 4.74 Å².